The Bertz CT molecular complexity index is 445. The molecule has 0 radical (unpaired) electrons. The molecule has 0 saturated carbocycles. The van der Waals surface area contributed by atoms with Gasteiger partial charge in [-0.1, -0.05) is 19.9 Å². The van der Waals surface area contributed by atoms with Crippen molar-refractivity contribution in [3.05, 3.63) is 28.8 Å². The number of ether oxygens (including phenoxy) is 1. The average Bonchev–Trinajstić information content (AvgIpc) is 2.46. The highest BCUT2D eigenvalue weighted by Gasteiger charge is 2.23. The van der Waals surface area contributed by atoms with E-state index < -0.39 is 0 Å². The molecule has 0 bridgehead atoms. The summed E-state index contributed by atoms with van der Waals surface area (Å²) >= 11 is 0. The third-order valence-electron chi connectivity index (χ3n) is 4.31. The van der Waals surface area contributed by atoms with Crippen molar-refractivity contribution in [3.8, 4) is 5.75 Å². The van der Waals surface area contributed by atoms with Crippen molar-refractivity contribution in [2.45, 2.75) is 52.2 Å². The van der Waals surface area contributed by atoms with Crippen molar-refractivity contribution in [1.82, 2.24) is 10.2 Å². The molecular weight excluding hydrogens is 248 g/mol. The first-order chi connectivity index (χ1) is 9.69. The van der Waals surface area contributed by atoms with Gasteiger partial charge in [-0.2, -0.15) is 0 Å². The molecule has 0 spiro atoms. The third kappa shape index (κ3) is 3.33. The van der Waals surface area contributed by atoms with Crippen LogP contribution in [0.15, 0.2) is 12.1 Å². The number of fused-ring (bicyclic) bond motifs is 1. The fourth-order valence-corrected chi connectivity index (χ4v) is 3.05. The zero-order valence-electron chi connectivity index (χ0n) is 13.3. The summed E-state index contributed by atoms with van der Waals surface area (Å²) in [7, 11) is 3.99. The second-order valence-corrected chi connectivity index (χ2v) is 5.79. The van der Waals surface area contributed by atoms with Crippen LogP contribution in [0.2, 0.25) is 0 Å². The van der Waals surface area contributed by atoms with Gasteiger partial charge in [0.2, 0.25) is 0 Å². The molecule has 2 rings (SSSR count). The Hall–Kier alpha value is -1.06. The lowest BCUT2D eigenvalue weighted by molar-refractivity contribution is 0.209. The largest absolute Gasteiger partial charge is 0.496 e. The zero-order valence-corrected chi connectivity index (χ0v) is 13.3. The van der Waals surface area contributed by atoms with Crippen molar-refractivity contribution in [1.29, 1.82) is 0 Å². The van der Waals surface area contributed by atoms with E-state index in [0.717, 1.165) is 38.2 Å². The molecule has 1 aliphatic heterocycles. The van der Waals surface area contributed by atoms with E-state index >= 15 is 0 Å². The van der Waals surface area contributed by atoms with E-state index in [0.29, 0.717) is 6.04 Å². The summed E-state index contributed by atoms with van der Waals surface area (Å²) in [5.74, 6) is 1.02. The monoisotopic (exact) mass is 276 g/mol. The second-order valence-electron chi connectivity index (χ2n) is 5.79. The minimum absolute atomic E-state index is 0.673. The molecule has 0 amide bonds. The van der Waals surface area contributed by atoms with Crippen molar-refractivity contribution >= 4 is 0 Å². The van der Waals surface area contributed by atoms with Crippen molar-refractivity contribution in [2.24, 2.45) is 0 Å². The lowest BCUT2D eigenvalue weighted by atomic mass is 9.91. The van der Waals surface area contributed by atoms with Crippen LogP contribution < -0.4 is 10.1 Å². The normalized spacial score (nSPS) is 18.9. The first-order valence-electron chi connectivity index (χ1n) is 7.79. The number of hydrogen-bond donors (Lipinski definition) is 1. The Kier molecular flexibility index (Phi) is 5.44. The highest BCUT2D eigenvalue weighted by Crippen LogP contribution is 2.30. The highest BCUT2D eigenvalue weighted by atomic mass is 16.5. The fourth-order valence-electron chi connectivity index (χ4n) is 3.05. The molecule has 0 saturated heterocycles. The minimum Gasteiger partial charge on any atom is -0.496 e. The van der Waals surface area contributed by atoms with Crippen LogP contribution in [0, 0.1) is 0 Å². The molecule has 0 aromatic heterocycles. The molecule has 1 aromatic rings. The van der Waals surface area contributed by atoms with Gasteiger partial charge < -0.3 is 10.1 Å². The van der Waals surface area contributed by atoms with E-state index in [1.54, 1.807) is 7.11 Å². The Labute approximate surface area is 123 Å². The highest BCUT2D eigenvalue weighted by molar-refractivity contribution is 5.44. The van der Waals surface area contributed by atoms with Crippen molar-refractivity contribution in [3.63, 3.8) is 0 Å². The fraction of sp³-hybridized carbons (Fsp3) is 0.647. The van der Waals surface area contributed by atoms with Crippen LogP contribution in [0.1, 0.15) is 43.4 Å². The number of likely N-dealkylation sites (N-methyl/N-ethyl adjacent to an activating group) is 1. The molecule has 3 heteroatoms. The summed E-state index contributed by atoms with van der Waals surface area (Å²) in [5, 5.41) is 3.48. The van der Waals surface area contributed by atoms with Gasteiger partial charge in [-0.15, -0.1) is 0 Å². The standard InChI is InChI=1S/C17H28N2O/c1-5-7-18-11-14-8-13-9-16(6-2)19(3)12-15(13)10-17(14)20-4/h8,10,16,18H,5-7,9,11-12H2,1-4H3. The summed E-state index contributed by atoms with van der Waals surface area (Å²) in [6, 6.07) is 5.26. The van der Waals surface area contributed by atoms with Crippen LogP contribution in [0.4, 0.5) is 0 Å². The van der Waals surface area contributed by atoms with E-state index in [9.17, 15) is 0 Å². The molecule has 1 heterocycles. The topological polar surface area (TPSA) is 24.5 Å². The molecule has 20 heavy (non-hydrogen) atoms. The van der Waals surface area contributed by atoms with E-state index in [1.807, 2.05) is 0 Å². The Morgan fingerprint density at radius 1 is 1.30 bits per heavy atom. The maximum Gasteiger partial charge on any atom is 0.123 e. The summed E-state index contributed by atoms with van der Waals surface area (Å²) in [6.07, 6.45) is 3.54. The number of rotatable bonds is 6. The third-order valence-corrected chi connectivity index (χ3v) is 4.31. The van der Waals surface area contributed by atoms with E-state index in [2.05, 4.69) is 43.2 Å². The Morgan fingerprint density at radius 3 is 2.75 bits per heavy atom. The van der Waals surface area contributed by atoms with E-state index in [4.69, 9.17) is 4.74 Å². The predicted octanol–water partition coefficient (Wildman–Crippen LogP) is 2.96. The minimum atomic E-state index is 0.673. The van der Waals surface area contributed by atoms with Crippen LogP contribution in [-0.4, -0.2) is 31.6 Å². The van der Waals surface area contributed by atoms with Crippen LogP contribution >= 0.6 is 0 Å². The smallest absolute Gasteiger partial charge is 0.123 e. The van der Waals surface area contributed by atoms with Crippen molar-refractivity contribution < 1.29 is 4.74 Å². The van der Waals surface area contributed by atoms with E-state index in [1.165, 1.54) is 23.1 Å². The zero-order chi connectivity index (χ0) is 14.5. The molecule has 0 aliphatic carbocycles. The van der Waals surface area contributed by atoms with Crippen LogP contribution in [0.25, 0.3) is 0 Å². The van der Waals surface area contributed by atoms with Crippen LogP contribution in [0.5, 0.6) is 5.75 Å². The predicted molar refractivity (Wildman–Crippen MR) is 84.2 cm³/mol. The van der Waals surface area contributed by atoms with Gasteiger partial charge in [-0.05, 0) is 50.0 Å². The first-order valence-corrected chi connectivity index (χ1v) is 7.79. The number of nitrogens with zero attached hydrogens (tertiary/aromatic N) is 1. The van der Waals surface area contributed by atoms with Gasteiger partial charge >= 0.3 is 0 Å². The molecule has 112 valence electrons. The Morgan fingerprint density at radius 2 is 2.10 bits per heavy atom. The van der Waals surface area contributed by atoms with Gasteiger partial charge in [-0.3, -0.25) is 4.90 Å². The maximum absolute atomic E-state index is 5.57. The van der Waals surface area contributed by atoms with Crippen LogP contribution in [0.3, 0.4) is 0 Å². The molecule has 1 aromatic carbocycles. The second kappa shape index (κ2) is 7.09. The quantitative estimate of drug-likeness (QED) is 0.809. The average molecular weight is 276 g/mol. The number of benzene rings is 1. The van der Waals surface area contributed by atoms with Gasteiger partial charge in [0.05, 0.1) is 7.11 Å². The Balaban J connectivity index is 2.22. The summed E-state index contributed by atoms with van der Waals surface area (Å²) in [5.41, 5.74) is 4.22. The molecule has 1 N–H and O–H groups in total. The maximum atomic E-state index is 5.57. The lowest BCUT2D eigenvalue weighted by Crippen LogP contribution is -2.37. The van der Waals surface area contributed by atoms with Gasteiger partial charge in [0.25, 0.3) is 0 Å². The summed E-state index contributed by atoms with van der Waals surface area (Å²) in [4.78, 5) is 2.46. The first kappa shape index (κ1) is 15.3. The molecule has 0 fully saturated rings. The molecule has 1 aliphatic rings. The summed E-state index contributed by atoms with van der Waals surface area (Å²) < 4.78 is 5.57. The SMILES string of the molecule is CCCNCc1cc2c(cc1OC)CN(C)C(CC)C2. The number of methoxy groups -OCH3 is 1. The van der Waals surface area contributed by atoms with Crippen molar-refractivity contribution in [2.75, 3.05) is 20.7 Å². The molecule has 3 nitrogen and oxygen atoms in total. The van der Waals surface area contributed by atoms with Gasteiger partial charge in [0.1, 0.15) is 5.75 Å². The molecule has 1 unspecified atom stereocenters. The van der Waals surface area contributed by atoms with Gasteiger partial charge in [0, 0.05) is 24.7 Å². The lowest BCUT2D eigenvalue weighted by Gasteiger charge is -2.34. The number of nitrogens with one attached hydrogen (secondary N) is 1. The summed E-state index contributed by atoms with van der Waals surface area (Å²) in [6.45, 7) is 7.46. The number of hydrogen-bond acceptors (Lipinski definition) is 3. The molecule has 1 atom stereocenters. The van der Waals surface area contributed by atoms with Gasteiger partial charge in [-0.25, -0.2) is 0 Å². The molecular formula is C17H28N2O. The van der Waals surface area contributed by atoms with Crippen LogP contribution in [-0.2, 0) is 19.5 Å². The van der Waals surface area contributed by atoms with Gasteiger partial charge in [0.15, 0.2) is 0 Å². The van der Waals surface area contributed by atoms with E-state index in [-0.39, 0.29) is 0 Å².